The van der Waals surface area contributed by atoms with Gasteiger partial charge in [0.15, 0.2) is 0 Å². The highest BCUT2D eigenvalue weighted by Gasteiger charge is 2.38. The number of esters is 1. The van der Waals surface area contributed by atoms with Crippen molar-refractivity contribution in [3.63, 3.8) is 0 Å². The summed E-state index contributed by atoms with van der Waals surface area (Å²) in [4.78, 5) is 14.6. The molecule has 0 aliphatic heterocycles. The molecule has 0 heterocycles. The Kier molecular flexibility index (Phi) is 5.94. The predicted molar refractivity (Wildman–Crippen MR) is 75.5 cm³/mol. The molecule has 20 heavy (non-hydrogen) atoms. The van der Waals surface area contributed by atoms with Gasteiger partial charge in [-0.05, 0) is 30.7 Å². The van der Waals surface area contributed by atoms with Gasteiger partial charge in [-0.3, -0.25) is 5.32 Å². The fourth-order valence-corrected chi connectivity index (χ4v) is 2.12. The van der Waals surface area contributed by atoms with Crippen LogP contribution in [0.2, 0.25) is 0 Å². The molecule has 8 heteroatoms. The molecule has 1 atom stereocenters. The van der Waals surface area contributed by atoms with E-state index in [1.807, 2.05) is 0 Å². The minimum atomic E-state index is -1.37. The van der Waals surface area contributed by atoms with Crippen LogP contribution in [0.4, 0.5) is 4.39 Å². The summed E-state index contributed by atoms with van der Waals surface area (Å²) in [5, 5.41) is 6.22. The Morgan fingerprint density at radius 2 is 2.35 bits per heavy atom. The summed E-state index contributed by atoms with van der Waals surface area (Å²) in [6, 6.07) is 4.30. The first-order chi connectivity index (χ1) is 9.45. The second-order valence-electron chi connectivity index (χ2n) is 4.12. The number of carbonyl (C=O) groups excluding carboxylic acids is 1. The summed E-state index contributed by atoms with van der Waals surface area (Å²) in [7, 11) is 1.23. The first kappa shape index (κ1) is 16.4. The van der Waals surface area contributed by atoms with Crippen molar-refractivity contribution in [1.82, 2.24) is 5.32 Å². The summed E-state index contributed by atoms with van der Waals surface area (Å²) in [6.45, 7) is 1.86. The van der Waals surface area contributed by atoms with Crippen molar-refractivity contribution in [2.24, 2.45) is 5.11 Å². The number of azide groups is 1. The molecule has 108 valence electrons. The van der Waals surface area contributed by atoms with Crippen LogP contribution in [0, 0.1) is 5.82 Å². The van der Waals surface area contributed by atoms with Gasteiger partial charge in [0.05, 0.1) is 7.11 Å². The molecule has 6 nitrogen and oxygen atoms in total. The lowest BCUT2D eigenvalue weighted by Crippen LogP contribution is -2.48. The van der Waals surface area contributed by atoms with E-state index in [1.54, 1.807) is 0 Å². The molecule has 0 fully saturated rings. The number of nitrogens with zero attached hydrogens (tertiary/aromatic N) is 3. The lowest BCUT2D eigenvalue weighted by molar-refractivity contribution is -0.148. The molecule has 0 aliphatic rings. The third-order valence-corrected chi connectivity index (χ3v) is 3.31. The maximum atomic E-state index is 14.0. The van der Waals surface area contributed by atoms with Crippen molar-refractivity contribution >= 4 is 21.9 Å². The van der Waals surface area contributed by atoms with Crippen LogP contribution in [-0.4, -0.2) is 26.2 Å². The van der Waals surface area contributed by atoms with Gasteiger partial charge in [0.25, 0.3) is 0 Å². The van der Waals surface area contributed by atoms with E-state index in [2.05, 4.69) is 31.3 Å². The maximum absolute atomic E-state index is 14.0. The predicted octanol–water partition coefficient (Wildman–Crippen LogP) is 2.88. The lowest BCUT2D eigenvalue weighted by Gasteiger charge is -2.29. The molecule has 1 rings (SSSR count). The highest BCUT2D eigenvalue weighted by atomic mass is 79.9. The zero-order valence-electron chi connectivity index (χ0n) is 11.1. The Hall–Kier alpha value is -1.63. The molecule has 1 aromatic carbocycles. The molecule has 1 unspecified atom stereocenters. The third kappa shape index (κ3) is 3.69. The van der Waals surface area contributed by atoms with Crippen molar-refractivity contribution in [2.75, 3.05) is 20.2 Å². The highest BCUT2D eigenvalue weighted by Crippen LogP contribution is 2.27. The first-order valence-electron chi connectivity index (χ1n) is 5.75. The summed E-state index contributed by atoms with van der Waals surface area (Å²) in [6.07, 6.45) is 0. The van der Waals surface area contributed by atoms with Gasteiger partial charge in [-0.2, -0.15) is 0 Å². The van der Waals surface area contributed by atoms with Crippen LogP contribution in [0.1, 0.15) is 12.5 Å². The van der Waals surface area contributed by atoms with Crippen LogP contribution in [0.15, 0.2) is 27.8 Å². The summed E-state index contributed by atoms with van der Waals surface area (Å²) in [5.41, 5.74) is 7.01. The number of carbonyl (C=O) groups is 1. The van der Waals surface area contributed by atoms with Crippen LogP contribution >= 0.6 is 15.9 Å². The van der Waals surface area contributed by atoms with E-state index >= 15 is 0 Å². The van der Waals surface area contributed by atoms with Crippen LogP contribution in [0.3, 0.4) is 0 Å². The van der Waals surface area contributed by atoms with E-state index in [-0.39, 0.29) is 18.7 Å². The Morgan fingerprint density at radius 1 is 1.65 bits per heavy atom. The van der Waals surface area contributed by atoms with Crippen LogP contribution in [-0.2, 0) is 15.1 Å². The van der Waals surface area contributed by atoms with Crippen molar-refractivity contribution in [3.8, 4) is 0 Å². The number of hydrogen-bond acceptors (Lipinski definition) is 4. The van der Waals surface area contributed by atoms with Gasteiger partial charge in [-0.25, -0.2) is 9.18 Å². The van der Waals surface area contributed by atoms with Crippen LogP contribution in [0.25, 0.3) is 10.4 Å². The average molecular weight is 345 g/mol. The molecular formula is C12H14BrFN4O2. The smallest absolute Gasteiger partial charge is 0.330 e. The fourth-order valence-electron chi connectivity index (χ4n) is 1.76. The second kappa shape index (κ2) is 7.23. The SMILES string of the molecule is COC(=O)C(C)(NCCN=[N+]=[N-])c1cc(Br)ccc1F. The van der Waals surface area contributed by atoms with E-state index < -0.39 is 17.3 Å². The topological polar surface area (TPSA) is 87.1 Å². The Labute approximate surface area is 124 Å². The zero-order valence-corrected chi connectivity index (χ0v) is 12.6. The van der Waals surface area contributed by atoms with E-state index in [4.69, 9.17) is 10.3 Å². The summed E-state index contributed by atoms with van der Waals surface area (Å²) in [5.74, 6) is -1.16. The molecule has 0 radical (unpaired) electrons. The number of ether oxygens (including phenoxy) is 1. The number of hydrogen-bond donors (Lipinski definition) is 1. The van der Waals surface area contributed by atoms with Gasteiger partial charge in [-0.15, -0.1) is 0 Å². The van der Waals surface area contributed by atoms with Crippen molar-refractivity contribution in [2.45, 2.75) is 12.5 Å². The Morgan fingerprint density at radius 3 is 2.95 bits per heavy atom. The third-order valence-electron chi connectivity index (χ3n) is 2.81. The molecular weight excluding hydrogens is 331 g/mol. The van der Waals surface area contributed by atoms with Gasteiger partial charge in [0.1, 0.15) is 11.4 Å². The molecule has 1 N–H and O–H groups in total. The Bertz CT molecular complexity index is 548. The fraction of sp³-hybridized carbons (Fsp3) is 0.417. The molecule has 1 aromatic rings. The van der Waals surface area contributed by atoms with Crippen molar-refractivity contribution in [3.05, 3.63) is 44.5 Å². The lowest BCUT2D eigenvalue weighted by atomic mass is 9.91. The normalized spacial score (nSPS) is 13.2. The van der Waals surface area contributed by atoms with Crippen LogP contribution < -0.4 is 5.32 Å². The average Bonchev–Trinajstić information content (AvgIpc) is 2.45. The number of benzene rings is 1. The van der Waals surface area contributed by atoms with E-state index in [9.17, 15) is 9.18 Å². The standard InChI is InChI=1S/C12H14BrFN4O2/c1-12(11(19)20-2,16-5-6-17-18-15)9-7-8(13)3-4-10(9)14/h3-4,7,16H,5-6H2,1-2H3. The van der Waals surface area contributed by atoms with Crippen molar-refractivity contribution < 1.29 is 13.9 Å². The minimum absolute atomic E-state index is 0.138. The van der Waals surface area contributed by atoms with Gasteiger partial charge in [0.2, 0.25) is 0 Å². The van der Waals surface area contributed by atoms with Gasteiger partial charge >= 0.3 is 5.97 Å². The summed E-state index contributed by atoms with van der Waals surface area (Å²) < 4.78 is 19.4. The summed E-state index contributed by atoms with van der Waals surface area (Å²) >= 11 is 3.24. The number of nitrogens with one attached hydrogen (secondary N) is 1. The molecule has 0 saturated heterocycles. The molecule has 0 bridgehead atoms. The van der Waals surface area contributed by atoms with E-state index in [0.29, 0.717) is 4.47 Å². The second-order valence-corrected chi connectivity index (χ2v) is 5.04. The number of halogens is 2. The molecule has 0 aromatic heterocycles. The molecule has 0 amide bonds. The molecule has 0 spiro atoms. The number of methoxy groups -OCH3 is 1. The largest absolute Gasteiger partial charge is 0.467 e. The van der Waals surface area contributed by atoms with Gasteiger partial charge in [0, 0.05) is 28.0 Å². The number of rotatable bonds is 6. The first-order valence-corrected chi connectivity index (χ1v) is 6.55. The quantitative estimate of drug-likeness (QED) is 0.283. The van der Waals surface area contributed by atoms with E-state index in [0.717, 1.165) is 0 Å². The van der Waals surface area contributed by atoms with Crippen molar-refractivity contribution in [1.29, 1.82) is 0 Å². The monoisotopic (exact) mass is 344 g/mol. The molecule has 0 saturated carbocycles. The maximum Gasteiger partial charge on any atom is 0.330 e. The molecule has 0 aliphatic carbocycles. The van der Waals surface area contributed by atoms with Gasteiger partial charge in [-0.1, -0.05) is 21.0 Å². The zero-order chi connectivity index (χ0) is 15.2. The van der Waals surface area contributed by atoms with Gasteiger partial charge < -0.3 is 4.74 Å². The van der Waals surface area contributed by atoms with Crippen LogP contribution in [0.5, 0.6) is 0 Å². The highest BCUT2D eigenvalue weighted by molar-refractivity contribution is 9.10. The minimum Gasteiger partial charge on any atom is -0.467 e. The Balaban J connectivity index is 3.13. The van der Waals surface area contributed by atoms with E-state index in [1.165, 1.54) is 32.2 Å².